The number of nitrogens with one attached hydrogen (secondary N) is 2. The van der Waals surface area contributed by atoms with Gasteiger partial charge < -0.3 is 15.4 Å². The van der Waals surface area contributed by atoms with Gasteiger partial charge in [-0.05, 0) is 66.9 Å². The van der Waals surface area contributed by atoms with Gasteiger partial charge in [0, 0.05) is 15.9 Å². The maximum atomic E-state index is 13.7. The zero-order valence-electron chi connectivity index (χ0n) is 13.1. The number of hydrogen-bond donors (Lipinski definition) is 2. The summed E-state index contributed by atoms with van der Waals surface area (Å²) in [5.41, 5.74) is 0.364. The average molecular weight is 429 g/mol. The van der Waals surface area contributed by atoms with Crippen molar-refractivity contribution in [2.24, 2.45) is 0 Å². The standard InChI is InChI=1S/C17H18BrFN2OS2/c1-22-13-4-6-14(7-5-13)24-10-2-9-20-17(23)21-16-8-3-12(18)11-15(16)19/h3-8,11H,2,9-10H2,1H3,(H2,20,21,23). The van der Waals surface area contributed by atoms with Gasteiger partial charge in [0.1, 0.15) is 11.6 Å². The number of benzene rings is 2. The molecule has 0 saturated carbocycles. The molecule has 0 bridgehead atoms. The third-order valence-corrected chi connectivity index (χ3v) is 4.95. The van der Waals surface area contributed by atoms with Crippen LogP contribution in [-0.4, -0.2) is 24.5 Å². The van der Waals surface area contributed by atoms with Gasteiger partial charge in [0.15, 0.2) is 5.11 Å². The van der Waals surface area contributed by atoms with Crippen LogP contribution in [0.15, 0.2) is 51.8 Å². The second kappa shape index (κ2) is 9.86. The van der Waals surface area contributed by atoms with E-state index >= 15 is 0 Å². The predicted molar refractivity (Wildman–Crippen MR) is 107 cm³/mol. The van der Waals surface area contributed by atoms with Crippen molar-refractivity contribution in [2.75, 3.05) is 24.7 Å². The molecule has 0 atom stereocenters. The van der Waals surface area contributed by atoms with E-state index in [1.165, 1.54) is 11.0 Å². The number of thiocarbonyl (C=S) groups is 1. The lowest BCUT2D eigenvalue weighted by Crippen LogP contribution is -2.29. The van der Waals surface area contributed by atoms with Crippen molar-refractivity contribution in [2.45, 2.75) is 11.3 Å². The molecule has 3 nitrogen and oxygen atoms in total. The number of ether oxygens (including phenoxy) is 1. The van der Waals surface area contributed by atoms with Crippen molar-refractivity contribution in [3.8, 4) is 5.75 Å². The highest BCUT2D eigenvalue weighted by Gasteiger charge is 2.04. The van der Waals surface area contributed by atoms with Crippen molar-refractivity contribution >= 4 is 50.7 Å². The summed E-state index contributed by atoms with van der Waals surface area (Å²) < 4.78 is 19.5. The molecule has 2 rings (SSSR count). The normalized spacial score (nSPS) is 10.3. The Bertz CT molecular complexity index is 683. The number of hydrogen-bond acceptors (Lipinski definition) is 3. The molecule has 0 aromatic heterocycles. The average Bonchev–Trinajstić information content (AvgIpc) is 2.57. The number of rotatable bonds is 7. The van der Waals surface area contributed by atoms with Crippen LogP contribution in [-0.2, 0) is 0 Å². The summed E-state index contributed by atoms with van der Waals surface area (Å²) >= 11 is 10.2. The Kier molecular flexibility index (Phi) is 7.81. The molecule has 0 aliphatic rings. The predicted octanol–water partition coefficient (Wildman–Crippen LogP) is 5.07. The Morgan fingerprint density at radius 3 is 2.67 bits per heavy atom. The first-order valence-electron chi connectivity index (χ1n) is 7.35. The Labute approximate surface area is 159 Å². The molecule has 0 unspecified atom stereocenters. The first kappa shape index (κ1) is 19.0. The van der Waals surface area contributed by atoms with Crippen molar-refractivity contribution in [1.82, 2.24) is 5.32 Å². The molecule has 0 radical (unpaired) electrons. The fourth-order valence-corrected chi connectivity index (χ4v) is 3.29. The number of methoxy groups -OCH3 is 1. The minimum atomic E-state index is -0.344. The molecule has 128 valence electrons. The van der Waals surface area contributed by atoms with Gasteiger partial charge in [0.2, 0.25) is 0 Å². The number of halogens is 2. The summed E-state index contributed by atoms with van der Waals surface area (Å²) in [5, 5.41) is 6.37. The number of thioether (sulfide) groups is 1. The van der Waals surface area contributed by atoms with E-state index in [1.807, 2.05) is 24.3 Å². The summed E-state index contributed by atoms with van der Waals surface area (Å²) in [5.74, 6) is 1.48. The number of anilines is 1. The first-order chi connectivity index (χ1) is 11.6. The van der Waals surface area contributed by atoms with Crippen molar-refractivity contribution in [1.29, 1.82) is 0 Å². The zero-order chi connectivity index (χ0) is 17.4. The first-order valence-corrected chi connectivity index (χ1v) is 9.54. The van der Waals surface area contributed by atoms with Crippen LogP contribution < -0.4 is 15.4 Å². The van der Waals surface area contributed by atoms with Crippen LogP contribution in [0.3, 0.4) is 0 Å². The van der Waals surface area contributed by atoms with Crippen molar-refractivity contribution in [3.63, 3.8) is 0 Å². The van der Waals surface area contributed by atoms with E-state index in [0.717, 1.165) is 24.5 Å². The molecule has 0 heterocycles. The highest BCUT2D eigenvalue weighted by atomic mass is 79.9. The Hall–Kier alpha value is -1.31. The van der Waals surface area contributed by atoms with Gasteiger partial charge in [-0.15, -0.1) is 11.8 Å². The van der Waals surface area contributed by atoms with Crippen LogP contribution >= 0.6 is 39.9 Å². The molecule has 0 aliphatic heterocycles. The summed E-state index contributed by atoms with van der Waals surface area (Å²) in [4.78, 5) is 1.20. The monoisotopic (exact) mass is 428 g/mol. The zero-order valence-corrected chi connectivity index (χ0v) is 16.4. The molecular formula is C17H18BrFN2OS2. The molecule has 2 aromatic rings. The molecule has 7 heteroatoms. The van der Waals surface area contributed by atoms with Gasteiger partial charge in [-0.2, -0.15) is 0 Å². The third-order valence-electron chi connectivity index (χ3n) is 3.11. The fourth-order valence-electron chi connectivity index (χ4n) is 1.89. The van der Waals surface area contributed by atoms with E-state index in [2.05, 4.69) is 26.6 Å². The second-order valence-corrected chi connectivity index (χ2v) is 7.37. The Morgan fingerprint density at radius 1 is 1.25 bits per heavy atom. The van der Waals surface area contributed by atoms with Gasteiger partial charge in [0.05, 0.1) is 12.8 Å². The van der Waals surface area contributed by atoms with Gasteiger partial charge in [-0.25, -0.2) is 4.39 Å². The molecule has 2 N–H and O–H groups in total. The maximum absolute atomic E-state index is 13.7. The molecule has 0 fully saturated rings. The van der Waals surface area contributed by atoms with Gasteiger partial charge in [-0.1, -0.05) is 15.9 Å². The van der Waals surface area contributed by atoms with Crippen LogP contribution in [0.25, 0.3) is 0 Å². The lowest BCUT2D eigenvalue weighted by atomic mass is 10.3. The van der Waals surface area contributed by atoms with E-state index in [9.17, 15) is 4.39 Å². The van der Waals surface area contributed by atoms with E-state index in [0.29, 0.717) is 15.3 Å². The molecule has 0 saturated heterocycles. The molecule has 0 aliphatic carbocycles. The second-order valence-electron chi connectivity index (χ2n) is 4.88. The van der Waals surface area contributed by atoms with Crippen LogP contribution in [0.2, 0.25) is 0 Å². The molecule has 2 aromatic carbocycles. The van der Waals surface area contributed by atoms with Crippen LogP contribution in [0, 0.1) is 5.82 Å². The fraction of sp³-hybridized carbons (Fsp3) is 0.235. The minimum absolute atomic E-state index is 0.344. The van der Waals surface area contributed by atoms with E-state index in [-0.39, 0.29) is 5.82 Å². The quantitative estimate of drug-likeness (QED) is 0.365. The topological polar surface area (TPSA) is 33.3 Å². The van der Waals surface area contributed by atoms with E-state index in [1.54, 1.807) is 31.0 Å². The Morgan fingerprint density at radius 2 is 2.00 bits per heavy atom. The van der Waals surface area contributed by atoms with Crippen LogP contribution in [0.1, 0.15) is 6.42 Å². The van der Waals surface area contributed by atoms with E-state index < -0.39 is 0 Å². The smallest absolute Gasteiger partial charge is 0.170 e. The largest absolute Gasteiger partial charge is 0.497 e. The van der Waals surface area contributed by atoms with Crippen molar-refractivity contribution in [3.05, 3.63) is 52.8 Å². The minimum Gasteiger partial charge on any atom is -0.497 e. The molecule has 0 spiro atoms. The molecule has 0 amide bonds. The third kappa shape index (κ3) is 6.30. The lowest BCUT2D eigenvalue weighted by Gasteiger charge is -2.11. The summed E-state index contributed by atoms with van der Waals surface area (Å²) in [7, 11) is 1.66. The van der Waals surface area contributed by atoms with Gasteiger partial charge in [0.25, 0.3) is 0 Å². The SMILES string of the molecule is COc1ccc(SCCCNC(=S)Nc2ccc(Br)cc2F)cc1. The van der Waals surface area contributed by atoms with Crippen LogP contribution in [0.5, 0.6) is 5.75 Å². The summed E-state index contributed by atoms with van der Waals surface area (Å²) in [6, 6.07) is 12.8. The summed E-state index contributed by atoms with van der Waals surface area (Å²) in [6.07, 6.45) is 0.946. The van der Waals surface area contributed by atoms with Crippen LogP contribution in [0.4, 0.5) is 10.1 Å². The Balaban J connectivity index is 1.65. The highest BCUT2D eigenvalue weighted by Crippen LogP contribution is 2.22. The van der Waals surface area contributed by atoms with Crippen molar-refractivity contribution < 1.29 is 9.13 Å². The summed E-state index contributed by atoms with van der Waals surface area (Å²) in [6.45, 7) is 0.729. The molecule has 24 heavy (non-hydrogen) atoms. The maximum Gasteiger partial charge on any atom is 0.170 e. The van der Waals surface area contributed by atoms with Gasteiger partial charge in [-0.3, -0.25) is 0 Å². The van der Waals surface area contributed by atoms with Gasteiger partial charge >= 0.3 is 0 Å². The molecular weight excluding hydrogens is 411 g/mol. The lowest BCUT2D eigenvalue weighted by molar-refractivity contribution is 0.414. The van der Waals surface area contributed by atoms with E-state index in [4.69, 9.17) is 17.0 Å². The highest BCUT2D eigenvalue weighted by molar-refractivity contribution is 9.10.